The summed E-state index contributed by atoms with van der Waals surface area (Å²) in [7, 11) is 3.42. The normalized spacial score (nSPS) is 14.2. The van der Waals surface area contributed by atoms with Crippen molar-refractivity contribution >= 4 is 11.2 Å². The van der Waals surface area contributed by atoms with Gasteiger partial charge in [0.2, 0.25) is 0 Å². The van der Waals surface area contributed by atoms with Gasteiger partial charge in [0, 0.05) is 26.3 Å². The van der Waals surface area contributed by atoms with Gasteiger partial charge in [0.15, 0.2) is 11.2 Å². The third-order valence-corrected chi connectivity index (χ3v) is 5.14. The zero-order valence-corrected chi connectivity index (χ0v) is 14.6. The van der Waals surface area contributed by atoms with E-state index in [0.29, 0.717) is 24.1 Å². The third kappa shape index (κ3) is 2.52. The van der Waals surface area contributed by atoms with Crippen LogP contribution in [0.3, 0.4) is 0 Å². The minimum Gasteiger partial charge on any atom is -0.328 e. The molecule has 0 radical (unpaired) electrons. The maximum absolute atomic E-state index is 12.7. The average molecular weight is 342 g/mol. The summed E-state index contributed by atoms with van der Waals surface area (Å²) in [4.78, 5) is 29.3. The van der Waals surface area contributed by atoms with Crippen LogP contribution in [0.25, 0.3) is 11.2 Å². The molecule has 8 nitrogen and oxygen atoms in total. The lowest BCUT2D eigenvalue weighted by molar-refractivity contribution is 0.566. The Morgan fingerprint density at radius 3 is 2.84 bits per heavy atom. The van der Waals surface area contributed by atoms with Crippen molar-refractivity contribution in [1.82, 2.24) is 28.9 Å². The number of aryl methyl sites for hydroxylation is 4. The molecule has 3 heterocycles. The Morgan fingerprint density at radius 2 is 2.00 bits per heavy atom. The molecule has 0 atom stereocenters. The summed E-state index contributed by atoms with van der Waals surface area (Å²) in [6.45, 7) is 0.389. The van der Waals surface area contributed by atoms with Crippen molar-refractivity contribution in [2.24, 2.45) is 14.1 Å². The molecule has 0 aromatic carbocycles. The molecule has 0 bridgehead atoms. The first kappa shape index (κ1) is 15.9. The zero-order valence-electron chi connectivity index (χ0n) is 14.6. The number of hydrogen-bond donors (Lipinski definition) is 1. The van der Waals surface area contributed by atoms with Gasteiger partial charge in [0.1, 0.15) is 0 Å². The van der Waals surface area contributed by atoms with E-state index in [1.165, 1.54) is 33.2 Å². The second-order valence-electron chi connectivity index (χ2n) is 6.76. The second-order valence-corrected chi connectivity index (χ2v) is 6.76. The summed E-state index contributed by atoms with van der Waals surface area (Å²) >= 11 is 0. The molecule has 4 rings (SSSR count). The molecule has 25 heavy (non-hydrogen) atoms. The third-order valence-electron chi connectivity index (χ3n) is 5.14. The van der Waals surface area contributed by atoms with Crippen LogP contribution in [-0.4, -0.2) is 28.9 Å². The van der Waals surface area contributed by atoms with E-state index in [9.17, 15) is 9.59 Å². The van der Waals surface area contributed by atoms with Crippen molar-refractivity contribution in [3.8, 4) is 0 Å². The number of hydrogen-bond acceptors (Lipinski definition) is 4. The van der Waals surface area contributed by atoms with E-state index in [0.717, 1.165) is 25.0 Å². The molecule has 8 heteroatoms. The minimum absolute atomic E-state index is 0.273. The number of rotatable bonds is 4. The quantitative estimate of drug-likeness (QED) is 0.754. The van der Waals surface area contributed by atoms with Crippen LogP contribution in [0, 0.1) is 0 Å². The highest BCUT2D eigenvalue weighted by Crippen LogP contribution is 2.22. The Hall–Kier alpha value is -2.64. The Kier molecular flexibility index (Phi) is 3.82. The highest BCUT2D eigenvalue weighted by molar-refractivity contribution is 5.69. The fourth-order valence-electron chi connectivity index (χ4n) is 3.75. The van der Waals surface area contributed by atoms with E-state index in [-0.39, 0.29) is 11.2 Å². The van der Waals surface area contributed by atoms with Crippen molar-refractivity contribution < 1.29 is 0 Å². The van der Waals surface area contributed by atoms with Crippen molar-refractivity contribution in [2.75, 3.05) is 0 Å². The lowest BCUT2D eigenvalue weighted by Crippen LogP contribution is -2.39. The van der Waals surface area contributed by atoms with Crippen LogP contribution in [0.2, 0.25) is 0 Å². The van der Waals surface area contributed by atoms with E-state index < -0.39 is 0 Å². The largest absolute Gasteiger partial charge is 0.332 e. The summed E-state index contributed by atoms with van der Waals surface area (Å²) in [5.74, 6) is 0. The van der Waals surface area contributed by atoms with Crippen LogP contribution in [0.1, 0.15) is 36.2 Å². The number of fused-ring (bicyclic) bond motifs is 2. The number of imidazole rings is 1. The van der Waals surface area contributed by atoms with Crippen LogP contribution < -0.4 is 11.2 Å². The predicted molar refractivity (Wildman–Crippen MR) is 93.8 cm³/mol. The summed E-state index contributed by atoms with van der Waals surface area (Å²) in [6.07, 6.45) is 7.60. The lowest BCUT2D eigenvalue weighted by Gasteiger charge is -2.11. The van der Waals surface area contributed by atoms with Gasteiger partial charge in [-0.15, -0.1) is 0 Å². The monoisotopic (exact) mass is 342 g/mol. The summed E-state index contributed by atoms with van der Waals surface area (Å²) in [5.41, 5.74) is 3.98. The molecule has 1 aliphatic carbocycles. The van der Waals surface area contributed by atoms with Gasteiger partial charge in [-0.2, -0.15) is 5.10 Å². The Bertz CT molecular complexity index is 1050. The fraction of sp³-hybridized carbons (Fsp3) is 0.529. The van der Waals surface area contributed by atoms with Crippen molar-refractivity contribution in [3.05, 3.63) is 44.1 Å². The van der Waals surface area contributed by atoms with Crippen LogP contribution in [-0.2, 0) is 39.9 Å². The van der Waals surface area contributed by atoms with Crippen LogP contribution in [0.15, 0.2) is 15.9 Å². The highest BCUT2D eigenvalue weighted by atomic mass is 16.2. The first-order chi connectivity index (χ1) is 12.1. The van der Waals surface area contributed by atoms with Crippen molar-refractivity contribution in [3.63, 3.8) is 0 Å². The molecule has 0 amide bonds. The number of aromatic amines is 1. The molecule has 132 valence electrons. The number of nitrogens with one attached hydrogen (secondary N) is 1. The summed E-state index contributed by atoms with van der Waals surface area (Å²) in [6, 6.07) is 0. The first-order valence-electron chi connectivity index (χ1n) is 8.73. The molecule has 0 unspecified atom stereocenters. The van der Waals surface area contributed by atoms with Crippen LogP contribution in [0.4, 0.5) is 0 Å². The Morgan fingerprint density at radius 1 is 1.20 bits per heavy atom. The Labute approximate surface area is 144 Å². The highest BCUT2D eigenvalue weighted by Gasteiger charge is 2.18. The molecular weight excluding hydrogens is 320 g/mol. The molecule has 1 N–H and O–H groups in total. The van der Waals surface area contributed by atoms with Gasteiger partial charge in [0.05, 0.1) is 12.0 Å². The molecule has 0 spiro atoms. The Balaban J connectivity index is 1.59. The van der Waals surface area contributed by atoms with E-state index in [1.54, 1.807) is 25.0 Å². The molecule has 3 aromatic rings. The molecule has 1 aliphatic rings. The smallest absolute Gasteiger partial charge is 0.328 e. The van der Waals surface area contributed by atoms with Gasteiger partial charge in [-0.05, 0) is 44.1 Å². The average Bonchev–Trinajstić information content (AvgIpc) is 3.20. The second kappa shape index (κ2) is 6.02. The number of aromatic nitrogens is 6. The SMILES string of the molecule is Cn1cnc2c1c(=O)n(CCCc1[nH]nc3c1CCCC3)c(=O)n2C. The van der Waals surface area contributed by atoms with Gasteiger partial charge in [0.25, 0.3) is 5.56 Å². The zero-order chi connectivity index (χ0) is 17.6. The molecule has 0 saturated heterocycles. The van der Waals surface area contributed by atoms with Gasteiger partial charge in [-0.25, -0.2) is 9.78 Å². The van der Waals surface area contributed by atoms with Gasteiger partial charge >= 0.3 is 5.69 Å². The molecular formula is C17H22N6O2. The van der Waals surface area contributed by atoms with E-state index in [2.05, 4.69) is 15.2 Å². The maximum atomic E-state index is 12.7. The van der Waals surface area contributed by atoms with Crippen molar-refractivity contribution in [1.29, 1.82) is 0 Å². The first-order valence-corrected chi connectivity index (χ1v) is 8.73. The minimum atomic E-state index is -0.317. The molecule has 0 fully saturated rings. The molecule has 3 aromatic heterocycles. The number of H-pyrrole nitrogens is 1. The van der Waals surface area contributed by atoms with Crippen molar-refractivity contribution in [2.45, 2.75) is 45.1 Å². The standard InChI is InChI=1S/C17H22N6O2/c1-21-10-18-15-14(21)16(24)23(17(25)22(15)2)9-5-8-13-11-6-3-4-7-12(11)19-20-13/h10H,3-9H2,1-2H3,(H,19,20). The van der Waals surface area contributed by atoms with Crippen LogP contribution >= 0.6 is 0 Å². The number of nitrogens with zero attached hydrogens (tertiary/aromatic N) is 5. The van der Waals surface area contributed by atoms with Gasteiger partial charge in [-0.3, -0.25) is 19.0 Å². The van der Waals surface area contributed by atoms with E-state index in [1.807, 2.05) is 0 Å². The van der Waals surface area contributed by atoms with E-state index >= 15 is 0 Å². The lowest BCUT2D eigenvalue weighted by atomic mass is 9.95. The molecule has 0 saturated carbocycles. The maximum Gasteiger partial charge on any atom is 0.332 e. The van der Waals surface area contributed by atoms with Gasteiger partial charge in [-0.1, -0.05) is 0 Å². The topological polar surface area (TPSA) is 90.5 Å². The summed E-state index contributed by atoms with van der Waals surface area (Å²) in [5, 5.41) is 7.55. The predicted octanol–water partition coefficient (Wildman–Crippen LogP) is 0.668. The fourth-order valence-corrected chi connectivity index (χ4v) is 3.75. The van der Waals surface area contributed by atoms with Crippen LogP contribution in [0.5, 0.6) is 0 Å². The summed E-state index contributed by atoms with van der Waals surface area (Å²) < 4.78 is 4.42. The van der Waals surface area contributed by atoms with Gasteiger partial charge < -0.3 is 4.57 Å². The molecule has 0 aliphatic heterocycles. The van der Waals surface area contributed by atoms with E-state index in [4.69, 9.17) is 0 Å².